The fraction of sp³-hybridized carbons (Fsp3) is 0.448. The molecule has 2 aliphatic rings. The lowest BCUT2D eigenvalue weighted by molar-refractivity contribution is -0.179. The standard InChI is InChI=1S/C29H34ClN5O9S2/c1-28(2,3)43-26(39)29(4,5)44-34-19(18-13-45-27(31)32-18)22(36)33-20-23(37)35-21(16(11-30)14-46(40)24(20)35)25(38)42-12-15-7-9-17(41-6)10-8-15/h7-10,13,20,24H,11-12,14H2,1-6H3,(H2,31,32)(H,33,36)/b34-19-/t20-,24-,46?/m1/s1. The summed E-state index contributed by atoms with van der Waals surface area (Å²) in [5, 5.41) is 6.90. The maximum Gasteiger partial charge on any atom is 0.355 e. The molecule has 3 atom stereocenters. The van der Waals surface area contributed by atoms with E-state index in [1.165, 1.54) is 26.3 Å². The molecule has 2 aliphatic heterocycles. The van der Waals surface area contributed by atoms with Crippen LogP contribution in [-0.4, -0.2) is 84.9 Å². The van der Waals surface area contributed by atoms with E-state index in [1.807, 2.05) is 0 Å². The van der Waals surface area contributed by atoms with Gasteiger partial charge in [0.25, 0.3) is 11.8 Å². The highest BCUT2D eigenvalue weighted by molar-refractivity contribution is 7.86. The fourth-order valence-corrected chi connectivity index (χ4v) is 6.86. The number of nitrogens with zero attached hydrogens (tertiary/aromatic N) is 3. The van der Waals surface area contributed by atoms with Crippen LogP contribution in [0.4, 0.5) is 5.13 Å². The number of β-lactam (4-membered cyclic amide) rings is 1. The number of anilines is 1. The lowest BCUT2D eigenvalue weighted by atomic mass is 10.0. The molecule has 1 unspecified atom stereocenters. The van der Waals surface area contributed by atoms with Gasteiger partial charge in [-0.15, -0.1) is 22.9 Å². The van der Waals surface area contributed by atoms with Crippen LogP contribution in [0.3, 0.4) is 0 Å². The third-order valence-electron chi connectivity index (χ3n) is 6.61. The molecule has 1 fully saturated rings. The lowest BCUT2D eigenvalue weighted by Gasteiger charge is -2.49. The topological polar surface area (TPSA) is 189 Å². The van der Waals surface area contributed by atoms with E-state index in [9.17, 15) is 23.4 Å². The van der Waals surface area contributed by atoms with Crippen molar-refractivity contribution in [1.29, 1.82) is 0 Å². The number of hydrogen-bond donors (Lipinski definition) is 2. The van der Waals surface area contributed by atoms with Crippen molar-refractivity contribution in [3.63, 3.8) is 0 Å². The molecule has 14 nitrogen and oxygen atoms in total. The number of halogens is 1. The molecule has 0 saturated carbocycles. The lowest BCUT2D eigenvalue weighted by Crippen LogP contribution is -2.74. The second-order valence-corrected chi connectivity index (χ2v) is 14.4. The normalized spacial score (nSPS) is 20.0. The SMILES string of the molecule is COc1ccc(COC(=O)C2=C(CCl)CS(=O)[C@@H]3[C@H](NC(=O)/C(=N\OC(C)(C)C(=O)OC(C)(C)C)c4csc(N)n4)C(=O)N23)cc1. The molecule has 2 amide bonds. The van der Waals surface area contributed by atoms with E-state index in [2.05, 4.69) is 15.5 Å². The Balaban J connectivity index is 1.53. The molecule has 0 radical (unpaired) electrons. The zero-order valence-corrected chi connectivity index (χ0v) is 28.3. The van der Waals surface area contributed by atoms with Crippen molar-refractivity contribution in [1.82, 2.24) is 15.2 Å². The molecule has 4 rings (SSSR count). The highest BCUT2D eigenvalue weighted by Gasteiger charge is 2.57. The zero-order valence-electron chi connectivity index (χ0n) is 26.0. The molecule has 17 heteroatoms. The van der Waals surface area contributed by atoms with Crippen LogP contribution in [0.5, 0.6) is 5.75 Å². The second-order valence-electron chi connectivity index (χ2n) is 11.7. The second kappa shape index (κ2) is 13.8. The first-order chi connectivity index (χ1) is 21.6. The number of nitrogen functional groups attached to an aromatic ring is 1. The molecule has 1 aromatic carbocycles. The Morgan fingerprint density at radius 1 is 1.20 bits per heavy atom. The number of rotatable bonds is 11. The van der Waals surface area contributed by atoms with Gasteiger partial charge in [0.1, 0.15) is 40.8 Å². The van der Waals surface area contributed by atoms with E-state index < -0.39 is 62.9 Å². The van der Waals surface area contributed by atoms with Crippen molar-refractivity contribution in [2.24, 2.45) is 5.16 Å². The average molecular weight is 696 g/mol. The van der Waals surface area contributed by atoms with Crippen molar-refractivity contribution in [2.75, 3.05) is 24.5 Å². The van der Waals surface area contributed by atoms with Gasteiger partial charge in [-0.25, -0.2) is 14.6 Å². The number of nitrogens with one attached hydrogen (secondary N) is 1. The number of methoxy groups -OCH3 is 1. The van der Waals surface area contributed by atoms with E-state index in [0.717, 1.165) is 16.2 Å². The summed E-state index contributed by atoms with van der Waals surface area (Å²) in [7, 11) is -0.203. The number of benzene rings is 1. The van der Waals surface area contributed by atoms with Gasteiger partial charge in [0, 0.05) is 11.3 Å². The molecule has 3 heterocycles. The molecule has 0 spiro atoms. The minimum absolute atomic E-state index is 0.0144. The molecule has 1 saturated heterocycles. The predicted octanol–water partition coefficient (Wildman–Crippen LogP) is 2.23. The van der Waals surface area contributed by atoms with Crippen LogP contribution < -0.4 is 15.8 Å². The van der Waals surface area contributed by atoms with Gasteiger partial charge in [-0.05, 0) is 57.9 Å². The number of hydrogen-bond acceptors (Lipinski definition) is 13. The molecular weight excluding hydrogens is 662 g/mol. The number of thiazole rings is 1. The van der Waals surface area contributed by atoms with Crippen LogP contribution in [0.15, 0.2) is 46.1 Å². The number of alkyl halides is 1. The van der Waals surface area contributed by atoms with E-state index >= 15 is 0 Å². The van der Waals surface area contributed by atoms with Crippen molar-refractivity contribution < 1.29 is 42.4 Å². The Labute approximate surface area is 276 Å². The summed E-state index contributed by atoms with van der Waals surface area (Å²) in [6.45, 7) is 7.77. The van der Waals surface area contributed by atoms with Crippen LogP contribution in [0.25, 0.3) is 0 Å². The smallest absolute Gasteiger partial charge is 0.355 e. The van der Waals surface area contributed by atoms with Gasteiger partial charge < -0.3 is 30.1 Å². The van der Waals surface area contributed by atoms with Crippen molar-refractivity contribution >= 4 is 68.3 Å². The molecule has 0 bridgehead atoms. The van der Waals surface area contributed by atoms with Gasteiger partial charge in [-0.1, -0.05) is 17.3 Å². The quantitative estimate of drug-likeness (QED) is 0.115. The number of aromatic nitrogens is 1. The van der Waals surface area contributed by atoms with Gasteiger partial charge in [0.15, 0.2) is 10.8 Å². The highest BCUT2D eigenvalue weighted by Crippen LogP contribution is 2.36. The Morgan fingerprint density at radius 3 is 2.43 bits per heavy atom. The zero-order chi connectivity index (χ0) is 34.0. The minimum atomic E-state index is -1.73. The monoisotopic (exact) mass is 695 g/mol. The Bertz CT molecular complexity index is 1620. The third-order valence-corrected chi connectivity index (χ3v) is 9.26. The Kier molecular flexibility index (Phi) is 10.4. The van der Waals surface area contributed by atoms with Crippen molar-refractivity contribution in [3.05, 3.63) is 52.2 Å². The first-order valence-corrected chi connectivity index (χ1v) is 16.7. The van der Waals surface area contributed by atoms with Crippen molar-refractivity contribution in [2.45, 2.75) is 63.8 Å². The summed E-state index contributed by atoms with van der Waals surface area (Å²) in [5.74, 6) is -2.86. The van der Waals surface area contributed by atoms with Crippen molar-refractivity contribution in [3.8, 4) is 5.75 Å². The number of fused-ring (bicyclic) bond motifs is 1. The molecule has 46 heavy (non-hydrogen) atoms. The summed E-state index contributed by atoms with van der Waals surface area (Å²) in [6, 6.07) is 5.56. The van der Waals surface area contributed by atoms with Gasteiger partial charge in [-0.3, -0.25) is 18.7 Å². The number of carbonyl (C=O) groups is 4. The van der Waals surface area contributed by atoms with Crippen LogP contribution in [-0.2, 0) is 50.9 Å². The van der Waals surface area contributed by atoms with Crippen LogP contribution >= 0.6 is 22.9 Å². The number of nitrogens with two attached hydrogens (primary N) is 1. The van der Waals surface area contributed by atoms with E-state index in [1.54, 1.807) is 45.0 Å². The fourth-order valence-electron chi connectivity index (χ4n) is 4.29. The van der Waals surface area contributed by atoms with Crippen LogP contribution in [0.1, 0.15) is 45.9 Å². The van der Waals surface area contributed by atoms with E-state index in [0.29, 0.717) is 11.3 Å². The molecule has 3 N–H and O–H groups in total. The predicted molar refractivity (Wildman–Crippen MR) is 170 cm³/mol. The Hall–Kier alpha value is -4.02. The molecule has 1 aromatic heterocycles. The van der Waals surface area contributed by atoms with E-state index in [4.69, 9.17) is 36.4 Å². The third kappa shape index (κ3) is 7.67. The largest absolute Gasteiger partial charge is 0.497 e. The first-order valence-electron chi connectivity index (χ1n) is 13.9. The van der Waals surface area contributed by atoms with Gasteiger partial charge >= 0.3 is 11.9 Å². The number of oxime groups is 1. The molecule has 248 valence electrons. The molecule has 2 aromatic rings. The van der Waals surface area contributed by atoms with Gasteiger partial charge in [0.05, 0.1) is 23.7 Å². The number of esters is 2. The van der Waals surface area contributed by atoms with Crippen LogP contribution in [0, 0.1) is 0 Å². The maximum atomic E-state index is 13.5. The van der Waals surface area contributed by atoms with Gasteiger partial charge in [0.2, 0.25) is 5.60 Å². The molecule has 0 aliphatic carbocycles. The number of carbonyl (C=O) groups excluding carboxylic acids is 4. The molecular formula is C29H34ClN5O9S2. The first kappa shape index (κ1) is 34.8. The minimum Gasteiger partial charge on any atom is -0.497 e. The number of amides is 2. The summed E-state index contributed by atoms with van der Waals surface area (Å²) in [6.07, 6.45) is 0. The maximum absolute atomic E-state index is 13.5. The van der Waals surface area contributed by atoms with E-state index in [-0.39, 0.29) is 40.3 Å². The Morgan fingerprint density at radius 2 is 1.87 bits per heavy atom. The van der Waals surface area contributed by atoms with Gasteiger partial charge in [-0.2, -0.15) is 0 Å². The summed E-state index contributed by atoms with van der Waals surface area (Å²) < 4.78 is 29.2. The average Bonchev–Trinajstić information content (AvgIpc) is 3.42. The summed E-state index contributed by atoms with van der Waals surface area (Å²) in [4.78, 5) is 63.4. The summed E-state index contributed by atoms with van der Waals surface area (Å²) >= 11 is 7.11. The number of ether oxygens (including phenoxy) is 3. The van der Waals surface area contributed by atoms with Crippen LogP contribution in [0.2, 0.25) is 0 Å². The highest BCUT2D eigenvalue weighted by atomic mass is 35.5. The summed E-state index contributed by atoms with van der Waals surface area (Å²) in [5.41, 5.74) is 3.79.